The first-order chi connectivity index (χ1) is 12.2. The number of rotatable bonds is 5. The summed E-state index contributed by atoms with van der Waals surface area (Å²) in [5.41, 5.74) is 2.47. The van der Waals surface area contributed by atoms with Gasteiger partial charge in [-0.25, -0.2) is 4.98 Å². The number of hydrogen-bond donors (Lipinski definition) is 0. The van der Waals surface area contributed by atoms with E-state index in [9.17, 15) is 5.26 Å². The first kappa shape index (κ1) is 17.1. The number of nitriles is 1. The molecule has 6 heteroatoms. The molecule has 1 aromatic heterocycles. The smallest absolute Gasteiger partial charge is 0.233 e. The SMILES string of the molecule is COc1cccc(CC2CN(c3ccnc(OC)c3C#N)CCO2)c1. The van der Waals surface area contributed by atoms with E-state index in [4.69, 9.17) is 14.2 Å². The summed E-state index contributed by atoms with van der Waals surface area (Å²) >= 11 is 0. The van der Waals surface area contributed by atoms with Crippen LogP contribution in [-0.4, -0.2) is 45.0 Å². The first-order valence-electron chi connectivity index (χ1n) is 8.17. The normalized spacial score (nSPS) is 17.0. The molecule has 1 aromatic carbocycles. The number of anilines is 1. The van der Waals surface area contributed by atoms with Crippen molar-refractivity contribution in [2.45, 2.75) is 12.5 Å². The summed E-state index contributed by atoms with van der Waals surface area (Å²) in [7, 11) is 3.19. The molecule has 0 N–H and O–H groups in total. The van der Waals surface area contributed by atoms with Crippen LogP contribution in [0.25, 0.3) is 0 Å². The Balaban J connectivity index is 1.76. The van der Waals surface area contributed by atoms with Gasteiger partial charge in [-0.1, -0.05) is 12.1 Å². The number of nitrogens with zero attached hydrogens (tertiary/aromatic N) is 3. The van der Waals surface area contributed by atoms with Crippen molar-refractivity contribution in [1.82, 2.24) is 4.98 Å². The molecule has 1 atom stereocenters. The van der Waals surface area contributed by atoms with Gasteiger partial charge < -0.3 is 19.1 Å². The lowest BCUT2D eigenvalue weighted by Gasteiger charge is -2.35. The third-order valence-electron chi connectivity index (χ3n) is 4.28. The Labute approximate surface area is 147 Å². The molecule has 1 unspecified atom stereocenters. The van der Waals surface area contributed by atoms with E-state index in [0.717, 1.165) is 24.4 Å². The van der Waals surface area contributed by atoms with Gasteiger partial charge in [0.2, 0.25) is 5.88 Å². The van der Waals surface area contributed by atoms with Gasteiger partial charge >= 0.3 is 0 Å². The minimum absolute atomic E-state index is 0.0477. The minimum atomic E-state index is 0.0477. The Bertz CT molecular complexity index is 773. The highest BCUT2D eigenvalue weighted by molar-refractivity contribution is 5.63. The molecule has 1 saturated heterocycles. The highest BCUT2D eigenvalue weighted by atomic mass is 16.5. The predicted octanol–water partition coefficient (Wildman–Crippen LogP) is 2.42. The molecule has 0 spiro atoms. The topological polar surface area (TPSA) is 67.6 Å². The number of morpholine rings is 1. The molecular weight excluding hydrogens is 318 g/mol. The highest BCUT2D eigenvalue weighted by Gasteiger charge is 2.24. The summed E-state index contributed by atoms with van der Waals surface area (Å²) in [6.45, 7) is 2.06. The number of ether oxygens (including phenoxy) is 3. The number of aromatic nitrogens is 1. The van der Waals surface area contributed by atoms with Gasteiger partial charge in [-0.15, -0.1) is 0 Å². The molecule has 0 saturated carbocycles. The summed E-state index contributed by atoms with van der Waals surface area (Å²) in [6.07, 6.45) is 2.51. The zero-order chi connectivity index (χ0) is 17.6. The Morgan fingerprint density at radius 1 is 1.32 bits per heavy atom. The number of hydrogen-bond acceptors (Lipinski definition) is 6. The summed E-state index contributed by atoms with van der Waals surface area (Å²) in [6, 6.07) is 12.1. The molecule has 1 aliphatic heterocycles. The van der Waals surface area contributed by atoms with E-state index >= 15 is 0 Å². The molecular formula is C19H21N3O3. The Morgan fingerprint density at radius 2 is 2.20 bits per heavy atom. The van der Waals surface area contributed by atoms with Crippen LogP contribution in [0.15, 0.2) is 36.5 Å². The van der Waals surface area contributed by atoms with E-state index in [1.807, 2.05) is 24.3 Å². The quantitative estimate of drug-likeness (QED) is 0.833. The standard InChI is InChI=1S/C19H21N3O3/c1-23-15-5-3-4-14(10-15)11-16-13-22(8-9-25-16)18-6-7-21-19(24-2)17(18)12-20/h3-7,10,16H,8-9,11,13H2,1-2H3. The maximum Gasteiger partial charge on any atom is 0.233 e. The van der Waals surface area contributed by atoms with Crippen molar-refractivity contribution >= 4 is 5.69 Å². The van der Waals surface area contributed by atoms with E-state index in [1.54, 1.807) is 13.3 Å². The lowest BCUT2D eigenvalue weighted by molar-refractivity contribution is 0.0410. The lowest BCUT2D eigenvalue weighted by atomic mass is 10.1. The number of benzene rings is 1. The van der Waals surface area contributed by atoms with Gasteiger partial charge in [0, 0.05) is 25.7 Å². The molecule has 25 heavy (non-hydrogen) atoms. The van der Waals surface area contributed by atoms with E-state index in [1.165, 1.54) is 12.7 Å². The molecule has 3 rings (SSSR count). The van der Waals surface area contributed by atoms with Gasteiger partial charge in [0.1, 0.15) is 17.4 Å². The Kier molecular flexibility index (Phi) is 5.36. The number of methoxy groups -OCH3 is 2. The first-order valence-corrected chi connectivity index (χ1v) is 8.17. The number of pyridine rings is 1. The van der Waals surface area contributed by atoms with Gasteiger partial charge in [-0.05, 0) is 23.8 Å². The van der Waals surface area contributed by atoms with Crippen molar-refractivity contribution in [1.29, 1.82) is 5.26 Å². The molecule has 1 fully saturated rings. The van der Waals surface area contributed by atoms with Crippen molar-refractivity contribution < 1.29 is 14.2 Å². The second-order valence-electron chi connectivity index (χ2n) is 5.82. The fraction of sp³-hybridized carbons (Fsp3) is 0.368. The summed E-state index contributed by atoms with van der Waals surface area (Å²) in [5.74, 6) is 1.20. The maximum absolute atomic E-state index is 9.48. The zero-order valence-corrected chi connectivity index (χ0v) is 14.4. The van der Waals surface area contributed by atoms with Crippen molar-refractivity contribution in [3.63, 3.8) is 0 Å². The third kappa shape index (κ3) is 3.83. The van der Waals surface area contributed by atoms with Crippen LogP contribution in [0.5, 0.6) is 11.6 Å². The maximum atomic E-state index is 9.48. The Hall–Kier alpha value is -2.78. The average molecular weight is 339 g/mol. The minimum Gasteiger partial charge on any atom is -0.497 e. The van der Waals surface area contributed by atoms with Gasteiger partial charge in [0.15, 0.2) is 0 Å². The van der Waals surface area contributed by atoms with Crippen molar-refractivity contribution in [2.75, 3.05) is 38.8 Å². The van der Waals surface area contributed by atoms with Crippen LogP contribution in [0.3, 0.4) is 0 Å². The highest BCUT2D eigenvalue weighted by Crippen LogP contribution is 2.28. The van der Waals surface area contributed by atoms with Gasteiger partial charge in [0.25, 0.3) is 0 Å². The molecule has 0 bridgehead atoms. The molecule has 1 aliphatic rings. The zero-order valence-electron chi connectivity index (χ0n) is 14.4. The van der Waals surface area contributed by atoms with E-state index < -0.39 is 0 Å². The second-order valence-corrected chi connectivity index (χ2v) is 5.82. The largest absolute Gasteiger partial charge is 0.497 e. The van der Waals surface area contributed by atoms with Gasteiger partial charge in [0.05, 0.1) is 32.6 Å². The third-order valence-corrected chi connectivity index (χ3v) is 4.28. The summed E-state index contributed by atoms with van der Waals surface area (Å²) < 4.78 is 16.4. The molecule has 0 aliphatic carbocycles. The Morgan fingerprint density at radius 3 is 2.96 bits per heavy atom. The van der Waals surface area contributed by atoms with Crippen LogP contribution in [0.1, 0.15) is 11.1 Å². The van der Waals surface area contributed by atoms with E-state index in [0.29, 0.717) is 24.6 Å². The fourth-order valence-electron chi connectivity index (χ4n) is 3.08. The van der Waals surface area contributed by atoms with Crippen LogP contribution < -0.4 is 14.4 Å². The average Bonchev–Trinajstić information content (AvgIpc) is 2.67. The van der Waals surface area contributed by atoms with Gasteiger partial charge in [-0.3, -0.25) is 0 Å². The van der Waals surface area contributed by atoms with E-state index in [-0.39, 0.29) is 6.10 Å². The molecule has 2 aromatic rings. The molecule has 0 radical (unpaired) electrons. The van der Waals surface area contributed by atoms with Crippen LogP contribution in [0, 0.1) is 11.3 Å². The van der Waals surface area contributed by atoms with Crippen LogP contribution in [0.4, 0.5) is 5.69 Å². The van der Waals surface area contributed by atoms with Crippen molar-refractivity contribution in [2.24, 2.45) is 0 Å². The van der Waals surface area contributed by atoms with Crippen LogP contribution in [-0.2, 0) is 11.2 Å². The van der Waals surface area contributed by atoms with Crippen molar-refractivity contribution in [3.8, 4) is 17.7 Å². The molecule has 130 valence electrons. The van der Waals surface area contributed by atoms with Crippen LogP contribution in [0.2, 0.25) is 0 Å². The summed E-state index contributed by atoms with van der Waals surface area (Å²) in [4.78, 5) is 6.28. The molecule has 0 amide bonds. The fourth-order valence-corrected chi connectivity index (χ4v) is 3.08. The monoisotopic (exact) mass is 339 g/mol. The van der Waals surface area contributed by atoms with Gasteiger partial charge in [-0.2, -0.15) is 5.26 Å². The van der Waals surface area contributed by atoms with Crippen molar-refractivity contribution in [3.05, 3.63) is 47.7 Å². The van der Waals surface area contributed by atoms with E-state index in [2.05, 4.69) is 22.0 Å². The second kappa shape index (κ2) is 7.86. The predicted molar refractivity (Wildman–Crippen MR) is 94.2 cm³/mol. The molecule has 2 heterocycles. The van der Waals surface area contributed by atoms with Crippen LogP contribution >= 0.6 is 0 Å². The summed E-state index contributed by atoms with van der Waals surface area (Å²) in [5, 5.41) is 9.48. The molecule has 6 nitrogen and oxygen atoms in total. The lowest BCUT2D eigenvalue weighted by Crippen LogP contribution is -2.43.